The molecule has 1 aromatic heterocycles. The average Bonchev–Trinajstić information content (AvgIpc) is 3.43. The molecule has 0 radical (unpaired) electrons. The molecule has 2 aliphatic heterocycles. The SMILES string of the molecule is C#CCN1CCN(CCCOc2cc(OC3CCOC3)c3c(Nc4ccc(F)c(Cl)c4)ncnc3c2)CC1. The van der Waals surface area contributed by atoms with Crippen LogP contribution in [0, 0.1) is 18.2 Å². The number of terminal acetylenes is 1. The Morgan fingerprint density at radius 1 is 1.16 bits per heavy atom. The van der Waals surface area contributed by atoms with E-state index in [1.165, 1.54) is 18.5 Å². The van der Waals surface area contributed by atoms with E-state index in [0.29, 0.717) is 53.7 Å². The van der Waals surface area contributed by atoms with Crippen molar-refractivity contribution in [3.8, 4) is 23.8 Å². The van der Waals surface area contributed by atoms with Gasteiger partial charge in [0.25, 0.3) is 0 Å². The Morgan fingerprint density at radius 2 is 2.00 bits per heavy atom. The minimum Gasteiger partial charge on any atom is -0.493 e. The highest BCUT2D eigenvalue weighted by molar-refractivity contribution is 6.31. The van der Waals surface area contributed by atoms with Crippen LogP contribution in [0.1, 0.15) is 12.8 Å². The smallest absolute Gasteiger partial charge is 0.145 e. The number of piperazine rings is 1. The van der Waals surface area contributed by atoms with Gasteiger partial charge in [-0.2, -0.15) is 0 Å². The Hall–Kier alpha value is -3.16. The third-order valence-corrected chi connectivity index (χ3v) is 7.00. The Balaban J connectivity index is 1.30. The van der Waals surface area contributed by atoms with Gasteiger partial charge in [0.05, 0.1) is 42.3 Å². The van der Waals surface area contributed by atoms with Crippen molar-refractivity contribution >= 4 is 34.0 Å². The summed E-state index contributed by atoms with van der Waals surface area (Å²) in [4.78, 5) is 13.7. The molecule has 3 aromatic rings. The predicted molar refractivity (Wildman–Crippen MR) is 146 cm³/mol. The van der Waals surface area contributed by atoms with Gasteiger partial charge >= 0.3 is 0 Å². The molecule has 2 aliphatic rings. The molecule has 2 aromatic carbocycles. The van der Waals surface area contributed by atoms with Crippen LogP contribution < -0.4 is 14.8 Å². The summed E-state index contributed by atoms with van der Waals surface area (Å²) in [7, 11) is 0. The summed E-state index contributed by atoms with van der Waals surface area (Å²) in [6.45, 7) is 7.48. The zero-order valence-corrected chi connectivity index (χ0v) is 21.9. The standard InChI is InChI=1S/C28H31ClFN5O3/c1-2-7-34-9-11-35(12-10-34)8-3-13-37-22-16-25-27(26(17-22)38-21-6-14-36-18-21)28(32-19-31-25)33-20-4-5-24(30)23(29)15-20/h1,4-5,15-17,19,21H,3,6-14,18H2,(H,31,32,33). The number of hydrogen-bond donors (Lipinski definition) is 1. The topological polar surface area (TPSA) is 72.0 Å². The summed E-state index contributed by atoms with van der Waals surface area (Å²) in [6.07, 6.45) is 8.53. The fourth-order valence-electron chi connectivity index (χ4n) is 4.67. The fraction of sp³-hybridized carbons (Fsp3) is 0.429. The third-order valence-electron chi connectivity index (χ3n) is 6.71. The zero-order chi connectivity index (χ0) is 26.3. The molecule has 10 heteroatoms. The first-order valence-corrected chi connectivity index (χ1v) is 13.2. The van der Waals surface area contributed by atoms with Gasteiger partial charge in [-0.15, -0.1) is 6.42 Å². The molecular formula is C28H31ClFN5O3. The van der Waals surface area contributed by atoms with E-state index in [1.807, 2.05) is 12.1 Å². The van der Waals surface area contributed by atoms with Crippen LogP contribution in [-0.4, -0.2) is 85.0 Å². The van der Waals surface area contributed by atoms with Crippen molar-refractivity contribution in [1.29, 1.82) is 0 Å². The van der Waals surface area contributed by atoms with Gasteiger partial charge in [-0.25, -0.2) is 14.4 Å². The van der Waals surface area contributed by atoms with E-state index in [2.05, 4.69) is 31.0 Å². The van der Waals surface area contributed by atoms with Crippen LogP contribution in [0.4, 0.5) is 15.9 Å². The minimum atomic E-state index is -0.483. The number of halogens is 2. The number of fused-ring (bicyclic) bond motifs is 1. The van der Waals surface area contributed by atoms with Crippen LogP contribution in [0.25, 0.3) is 10.9 Å². The molecule has 2 fully saturated rings. The summed E-state index contributed by atoms with van der Waals surface area (Å²) in [5.74, 6) is 4.05. The third kappa shape index (κ3) is 6.63. The summed E-state index contributed by atoms with van der Waals surface area (Å²) in [6, 6.07) is 8.20. The van der Waals surface area contributed by atoms with Gasteiger partial charge in [-0.05, 0) is 24.6 Å². The van der Waals surface area contributed by atoms with Gasteiger partial charge in [0.15, 0.2) is 0 Å². The van der Waals surface area contributed by atoms with E-state index in [9.17, 15) is 4.39 Å². The first-order valence-electron chi connectivity index (χ1n) is 12.9. The van der Waals surface area contributed by atoms with Crippen molar-refractivity contribution in [1.82, 2.24) is 19.8 Å². The van der Waals surface area contributed by atoms with Crippen LogP contribution in [-0.2, 0) is 4.74 Å². The summed E-state index contributed by atoms with van der Waals surface area (Å²) in [5, 5.41) is 3.96. The van der Waals surface area contributed by atoms with Crippen molar-refractivity contribution in [2.24, 2.45) is 0 Å². The maximum Gasteiger partial charge on any atom is 0.145 e. The Kier molecular flexibility index (Phi) is 8.76. The van der Waals surface area contributed by atoms with Crippen LogP contribution in [0.2, 0.25) is 5.02 Å². The molecule has 0 amide bonds. The largest absolute Gasteiger partial charge is 0.493 e. The first-order chi connectivity index (χ1) is 18.6. The van der Waals surface area contributed by atoms with E-state index in [4.69, 9.17) is 32.2 Å². The van der Waals surface area contributed by atoms with Crippen LogP contribution in [0.15, 0.2) is 36.7 Å². The number of anilines is 2. The first kappa shape index (κ1) is 26.4. The maximum absolute atomic E-state index is 13.7. The average molecular weight is 540 g/mol. The highest BCUT2D eigenvalue weighted by Gasteiger charge is 2.21. The van der Waals surface area contributed by atoms with Crippen molar-refractivity contribution in [3.05, 3.63) is 47.5 Å². The second-order valence-corrected chi connectivity index (χ2v) is 9.83. The summed E-state index contributed by atoms with van der Waals surface area (Å²) in [5.41, 5.74) is 1.28. The van der Waals surface area contributed by atoms with Gasteiger partial charge in [0.2, 0.25) is 0 Å². The van der Waals surface area contributed by atoms with Crippen LogP contribution in [0.3, 0.4) is 0 Å². The normalized spacial score (nSPS) is 18.4. The molecule has 5 rings (SSSR count). The molecule has 8 nitrogen and oxygen atoms in total. The number of nitrogens with zero attached hydrogens (tertiary/aromatic N) is 4. The molecule has 200 valence electrons. The highest BCUT2D eigenvalue weighted by atomic mass is 35.5. The molecule has 0 saturated carbocycles. The van der Waals surface area contributed by atoms with E-state index in [-0.39, 0.29) is 11.1 Å². The number of aromatic nitrogens is 2. The van der Waals surface area contributed by atoms with Gasteiger partial charge in [0.1, 0.15) is 35.6 Å². The molecule has 0 spiro atoms. The molecular weight excluding hydrogens is 509 g/mol. The van der Waals surface area contributed by atoms with Crippen LogP contribution >= 0.6 is 11.6 Å². The van der Waals surface area contributed by atoms with Crippen molar-refractivity contribution in [2.75, 3.05) is 64.4 Å². The lowest BCUT2D eigenvalue weighted by Gasteiger charge is -2.33. The second kappa shape index (κ2) is 12.6. The fourth-order valence-corrected chi connectivity index (χ4v) is 4.86. The number of rotatable bonds is 10. The van der Waals surface area contributed by atoms with Crippen molar-refractivity contribution < 1.29 is 18.6 Å². The zero-order valence-electron chi connectivity index (χ0n) is 21.2. The summed E-state index contributed by atoms with van der Waals surface area (Å²) >= 11 is 5.98. The molecule has 3 heterocycles. The van der Waals surface area contributed by atoms with E-state index in [0.717, 1.165) is 52.1 Å². The lowest BCUT2D eigenvalue weighted by atomic mass is 10.2. The Labute approximate surface area is 227 Å². The number of hydrogen-bond acceptors (Lipinski definition) is 8. The monoisotopic (exact) mass is 539 g/mol. The Bertz CT molecular complexity index is 1290. The van der Waals surface area contributed by atoms with Crippen molar-refractivity contribution in [2.45, 2.75) is 18.9 Å². The van der Waals surface area contributed by atoms with E-state index in [1.54, 1.807) is 6.07 Å². The van der Waals surface area contributed by atoms with Gasteiger partial charge in [0, 0.05) is 57.0 Å². The summed E-state index contributed by atoms with van der Waals surface area (Å²) < 4.78 is 31.7. The quantitative estimate of drug-likeness (QED) is 0.301. The van der Waals surface area contributed by atoms with Gasteiger partial charge < -0.3 is 24.4 Å². The number of nitrogens with one attached hydrogen (secondary N) is 1. The van der Waals surface area contributed by atoms with Crippen molar-refractivity contribution in [3.63, 3.8) is 0 Å². The molecule has 0 aliphatic carbocycles. The van der Waals surface area contributed by atoms with Gasteiger partial charge in [-0.3, -0.25) is 4.90 Å². The molecule has 0 bridgehead atoms. The van der Waals surface area contributed by atoms with E-state index >= 15 is 0 Å². The number of benzene rings is 2. The van der Waals surface area contributed by atoms with E-state index < -0.39 is 5.82 Å². The lowest BCUT2D eigenvalue weighted by Crippen LogP contribution is -2.46. The molecule has 1 N–H and O–H groups in total. The second-order valence-electron chi connectivity index (χ2n) is 9.42. The lowest BCUT2D eigenvalue weighted by molar-refractivity contribution is 0.136. The molecule has 1 unspecified atom stereocenters. The highest BCUT2D eigenvalue weighted by Crippen LogP contribution is 2.37. The molecule has 1 atom stereocenters. The van der Waals surface area contributed by atoms with Gasteiger partial charge in [-0.1, -0.05) is 17.5 Å². The van der Waals surface area contributed by atoms with Crippen LogP contribution in [0.5, 0.6) is 11.5 Å². The Morgan fingerprint density at radius 3 is 2.76 bits per heavy atom. The number of ether oxygens (including phenoxy) is 3. The predicted octanol–water partition coefficient (Wildman–Crippen LogP) is 4.35. The molecule has 38 heavy (non-hydrogen) atoms. The minimum absolute atomic E-state index is 0.0260. The maximum atomic E-state index is 13.7. The molecule has 2 saturated heterocycles.